The van der Waals surface area contributed by atoms with E-state index < -0.39 is 0 Å². The minimum Gasteiger partial charge on any atom is -0.497 e. The smallest absolute Gasteiger partial charge is 0.191 e. The molecule has 30 heavy (non-hydrogen) atoms. The van der Waals surface area contributed by atoms with E-state index in [-0.39, 0.29) is 30.0 Å². The Morgan fingerprint density at radius 3 is 2.53 bits per heavy atom. The van der Waals surface area contributed by atoms with Crippen molar-refractivity contribution in [3.63, 3.8) is 0 Å². The first-order valence-corrected chi connectivity index (χ1v) is 10.2. The Kier molecular flexibility index (Phi) is 9.55. The molecule has 1 unspecified atom stereocenters. The summed E-state index contributed by atoms with van der Waals surface area (Å²) in [4.78, 5) is 6.83. The van der Waals surface area contributed by atoms with E-state index in [1.54, 1.807) is 21.3 Å². The molecule has 0 aliphatic carbocycles. The number of nitrogens with one attached hydrogen (secondary N) is 2. The highest BCUT2D eigenvalue weighted by molar-refractivity contribution is 14.0. The van der Waals surface area contributed by atoms with E-state index in [4.69, 9.17) is 9.47 Å². The van der Waals surface area contributed by atoms with E-state index >= 15 is 0 Å². The number of hydrogen-bond acceptors (Lipinski definition) is 4. The van der Waals surface area contributed by atoms with Crippen molar-refractivity contribution in [3.8, 4) is 11.5 Å². The molecule has 1 atom stereocenters. The zero-order valence-electron chi connectivity index (χ0n) is 18.3. The first-order valence-electron chi connectivity index (χ1n) is 10.2. The van der Waals surface area contributed by atoms with Gasteiger partial charge in [-0.1, -0.05) is 12.1 Å². The molecular weight excluding hydrogens is 491 g/mol. The standard InChI is InChI=1S/C23H32N4O2.HI/c1-17(18-8-7-9-20(14-18)27-12-5-6-13-27)26-23(24-2)25-16-19-10-11-21(28-3)15-22(19)29-4;/h7-11,14-15,17H,5-6,12-13,16H2,1-4H3,(H2,24,25,26);1H. The summed E-state index contributed by atoms with van der Waals surface area (Å²) in [6.07, 6.45) is 2.56. The van der Waals surface area contributed by atoms with Crippen LogP contribution in [0.5, 0.6) is 11.5 Å². The van der Waals surface area contributed by atoms with Crippen molar-refractivity contribution in [2.45, 2.75) is 32.4 Å². The minimum atomic E-state index is 0. The van der Waals surface area contributed by atoms with Crippen molar-refractivity contribution in [3.05, 3.63) is 53.6 Å². The van der Waals surface area contributed by atoms with Crippen molar-refractivity contribution < 1.29 is 9.47 Å². The average Bonchev–Trinajstić information content (AvgIpc) is 3.31. The van der Waals surface area contributed by atoms with E-state index in [9.17, 15) is 0 Å². The molecule has 2 aromatic rings. The third-order valence-corrected chi connectivity index (χ3v) is 5.36. The van der Waals surface area contributed by atoms with Crippen LogP contribution in [0, 0.1) is 0 Å². The molecule has 1 fully saturated rings. The maximum absolute atomic E-state index is 5.48. The lowest BCUT2D eigenvalue weighted by Gasteiger charge is -2.22. The van der Waals surface area contributed by atoms with Crippen molar-refractivity contribution in [1.29, 1.82) is 0 Å². The molecule has 6 nitrogen and oxygen atoms in total. The fourth-order valence-electron chi connectivity index (χ4n) is 3.63. The number of ether oxygens (including phenoxy) is 2. The van der Waals surface area contributed by atoms with Gasteiger partial charge in [0.2, 0.25) is 0 Å². The maximum Gasteiger partial charge on any atom is 0.191 e. The van der Waals surface area contributed by atoms with Gasteiger partial charge in [0.15, 0.2) is 5.96 Å². The summed E-state index contributed by atoms with van der Waals surface area (Å²) in [5.74, 6) is 2.32. The maximum atomic E-state index is 5.48. The summed E-state index contributed by atoms with van der Waals surface area (Å²) in [6, 6.07) is 14.7. The van der Waals surface area contributed by atoms with Crippen LogP contribution in [-0.4, -0.2) is 40.3 Å². The monoisotopic (exact) mass is 524 g/mol. The van der Waals surface area contributed by atoms with E-state index in [0.29, 0.717) is 6.54 Å². The summed E-state index contributed by atoms with van der Waals surface area (Å²) >= 11 is 0. The van der Waals surface area contributed by atoms with Gasteiger partial charge in [0, 0.05) is 44.0 Å². The molecule has 0 spiro atoms. The molecule has 0 amide bonds. The number of aliphatic imine (C=N–C) groups is 1. The fourth-order valence-corrected chi connectivity index (χ4v) is 3.63. The quantitative estimate of drug-likeness (QED) is 0.321. The molecule has 164 valence electrons. The van der Waals surface area contributed by atoms with Crippen LogP contribution >= 0.6 is 24.0 Å². The number of rotatable bonds is 7. The first-order chi connectivity index (χ1) is 14.1. The second-order valence-electron chi connectivity index (χ2n) is 7.26. The summed E-state index contributed by atoms with van der Waals surface area (Å²) < 4.78 is 10.7. The molecule has 2 N–H and O–H groups in total. The highest BCUT2D eigenvalue weighted by Crippen LogP contribution is 2.25. The summed E-state index contributed by atoms with van der Waals surface area (Å²) in [5.41, 5.74) is 3.60. The van der Waals surface area contributed by atoms with Crippen molar-refractivity contribution in [2.75, 3.05) is 39.3 Å². The van der Waals surface area contributed by atoms with Crippen LogP contribution in [0.4, 0.5) is 5.69 Å². The Balaban J connectivity index is 0.00000320. The molecule has 2 aromatic carbocycles. The molecule has 0 bridgehead atoms. The molecule has 1 aliphatic heterocycles. The van der Waals surface area contributed by atoms with Crippen LogP contribution < -0.4 is 25.0 Å². The van der Waals surface area contributed by atoms with E-state index in [2.05, 4.69) is 51.7 Å². The molecule has 1 aliphatic rings. The van der Waals surface area contributed by atoms with Crippen molar-refractivity contribution in [2.24, 2.45) is 4.99 Å². The first kappa shape index (κ1) is 24.1. The number of benzene rings is 2. The van der Waals surface area contributed by atoms with Gasteiger partial charge in [0.05, 0.1) is 20.3 Å². The van der Waals surface area contributed by atoms with Gasteiger partial charge in [-0.3, -0.25) is 4.99 Å². The van der Waals surface area contributed by atoms with E-state index in [0.717, 1.165) is 36.1 Å². The van der Waals surface area contributed by atoms with Gasteiger partial charge in [0.25, 0.3) is 0 Å². The molecule has 3 rings (SSSR count). The van der Waals surface area contributed by atoms with Gasteiger partial charge >= 0.3 is 0 Å². The normalized spacial score (nSPS) is 14.7. The van der Waals surface area contributed by atoms with Crippen LogP contribution in [0.2, 0.25) is 0 Å². The highest BCUT2D eigenvalue weighted by Gasteiger charge is 2.15. The predicted octanol–water partition coefficient (Wildman–Crippen LogP) is 4.35. The van der Waals surface area contributed by atoms with Gasteiger partial charge in [0.1, 0.15) is 11.5 Å². The lowest BCUT2D eigenvalue weighted by atomic mass is 10.1. The summed E-state index contributed by atoms with van der Waals surface area (Å²) in [7, 11) is 5.10. The second kappa shape index (κ2) is 11.9. The van der Waals surface area contributed by atoms with Gasteiger partial charge in [-0.15, -0.1) is 24.0 Å². The second-order valence-corrected chi connectivity index (χ2v) is 7.26. The minimum absolute atomic E-state index is 0. The molecule has 0 aromatic heterocycles. The largest absolute Gasteiger partial charge is 0.497 e. The molecule has 1 saturated heterocycles. The number of guanidine groups is 1. The van der Waals surface area contributed by atoms with Gasteiger partial charge in [-0.05, 0) is 49.6 Å². The Labute approximate surface area is 197 Å². The number of hydrogen-bond donors (Lipinski definition) is 2. The Hall–Kier alpha value is -2.16. The van der Waals surface area contributed by atoms with E-state index in [1.165, 1.54) is 24.1 Å². The fraction of sp³-hybridized carbons (Fsp3) is 0.435. The molecular formula is C23H33IN4O2. The topological polar surface area (TPSA) is 58.1 Å². The van der Waals surface area contributed by atoms with Crippen LogP contribution in [0.3, 0.4) is 0 Å². The molecule has 0 radical (unpaired) electrons. The number of halogens is 1. The summed E-state index contributed by atoms with van der Waals surface area (Å²) in [5, 5.41) is 6.86. The van der Waals surface area contributed by atoms with E-state index in [1.807, 2.05) is 18.2 Å². The van der Waals surface area contributed by atoms with Crippen molar-refractivity contribution in [1.82, 2.24) is 10.6 Å². The molecule has 7 heteroatoms. The zero-order chi connectivity index (χ0) is 20.6. The third kappa shape index (κ3) is 6.17. The van der Waals surface area contributed by atoms with Crippen LogP contribution in [0.15, 0.2) is 47.5 Å². The molecule has 0 saturated carbocycles. The summed E-state index contributed by atoms with van der Waals surface area (Å²) in [6.45, 7) is 5.06. The predicted molar refractivity (Wildman–Crippen MR) is 135 cm³/mol. The Bertz CT molecular complexity index is 838. The van der Waals surface area contributed by atoms with Crippen LogP contribution in [0.25, 0.3) is 0 Å². The Morgan fingerprint density at radius 1 is 1.10 bits per heavy atom. The lowest BCUT2D eigenvalue weighted by molar-refractivity contribution is 0.390. The van der Waals surface area contributed by atoms with Gasteiger partial charge in [-0.25, -0.2) is 0 Å². The van der Waals surface area contributed by atoms with Gasteiger partial charge in [-0.2, -0.15) is 0 Å². The lowest BCUT2D eigenvalue weighted by Crippen LogP contribution is -2.38. The Morgan fingerprint density at radius 2 is 1.87 bits per heavy atom. The van der Waals surface area contributed by atoms with Crippen LogP contribution in [-0.2, 0) is 6.54 Å². The SMILES string of the molecule is CN=C(NCc1ccc(OC)cc1OC)NC(C)c1cccc(N2CCCC2)c1.I. The highest BCUT2D eigenvalue weighted by atomic mass is 127. The number of nitrogens with zero attached hydrogens (tertiary/aromatic N) is 2. The van der Waals surface area contributed by atoms with Crippen molar-refractivity contribution >= 4 is 35.6 Å². The van der Waals surface area contributed by atoms with Crippen LogP contribution in [0.1, 0.15) is 36.9 Å². The van der Waals surface area contributed by atoms with Gasteiger partial charge < -0.3 is 25.0 Å². The molecule has 1 heterocycles. The number of anilines is 1. The average molecular weight is 524 g/mol. The third-order valence-electron chi connectivity index (χ3n) is 5.36. The zero-order valence-corrected chi connectivity index (χ0v) is 20.6. The number of methoxy groups -OCH3 is 2.